The zero-order valence-electron chi connectivity index (χ0n) is 16.3. The average Bonchev–Trinajstić information content (AvgIpc) is 2.73. The fourth-order valence-electron chi connectivity index (χ4n) is 3.11. The van der Waals surface area contributed by atoms with Crippen molar-refractivity contribution >= 4 is 40.6 Å². The number of aryl methyl sites for hydroxylation is 1. The van der Waals surface area contributed by atoms with Crippen molar-refractivity contribution in [1.82, 2.24) is 15.1 Å². The van der Waals surface area contributed by atoms with Crippen molar-refractivity contribution in [1.29, 1.82) is 0 Å². The number of nitrogens with zero attached hydrogens (tertiary/aromatic N) is 3. The van der Waals surface area contributed by atoms with Crippen molar-refractivity contribution < 1.29 is 9.57 Å². The van der Waals surface area contributed by atoms with E-state index in [1.807, 2.05) is 6.07 Å². The normalized spacial score (nSPS) is 15.6. The van der Waals surface area contributed by atoms with E-state index in [1.165, 1.54) is 10.9 Å². The molecule has 0 aliphatic carbocycles. The lowest BCUT2D eigenvalue weighted by Crippen LogP contribution is -2.46. The minimum atomic E-state index is -0.389. The van der Waals surface area contributed by atoms with E-state index in [1.54, 1.807) is 43.4 Å². The Morgan fingerprint density at radius 3 is 2.77 bits per heavy atom. The molecule has 0 unspecified atom stereocenters. The lowest BCUT2D eigenvalue weighted by Gasteiger charge is -2.25. The predicted molar refractivity (Wildman–Crippen MR) is 121 cm³/mol. The molecule has 3 aromatic rings. The fraction of sp³-hybridized carbons (Fsp3) is 0.190. The van der Waals surface area contributed by atoms with Gasteiger partial charge < -0.3 is 14.9 Å². The van der Waals surface area contributed by atoms with E-state index in [9.17, 15) is 4.79 Å². The van der Waals surface area contributed by atoms with E-state index in [0.717, 1.165) is 5.56 Å². The van der Waals surface area contributed by atoms with Crippen LogP contribution in [0, 0.1) is 0 Å². The Kier molecular flexibility index (Phi) is 6.36. The number of halogens is 3. The summed E-state index contributed by atoms with van der Waals surface area (Å²) in [5.41, 5.74) is 0.704. The second-order valence-electron chi connectivity index (χ2n) is 6.89. The molecule has 10 heteroatoms. The van der Waals surface area contributed by atoms with Gasteiger partial charge in [-0.1, -0.05) is 52.1 Å². The monoisotopic (exact) mass is 478 g/mol. The average molecular weight is 480 g/mol. The van der Waals surface area contributed by atoms with Crippen molar-refractivity contribution in [3.05, 3.63) is 85.2 Å². The summed E-state index contributed by atoms with van der Waals surface area (Å²) in [7, 11) is 1.55. The number of amidine groups is 1. The first-order chi connectivity index (χ1) is 14.9. The molecule has 2 heterocycles. The molecule has 0 bridgehead atoms. The Balaban J connectivity index is 1.63. The molecular formula is C21H17Cl3N4O3. The van der Waals surface area contributed by atoms with Gasteiger partial charge in [-0.25, -0.2) is 4.68 Å². The highest BCUT2D eigenvalue weighted by Gasteiger charge is 2.26. The van der Waals surface area contributed by atoms with Gasteiger partial charge in [-0.05, 0) is 42.3 Å². The largest absolute Gasteiger partial charge is 0.455 e. The maximum Gasteiger partial charge on any atom is 0.281 e. The van der Waals surface area contributed by atoms with Crippen molar-refractivity contribution in [3.63, 3.8) is 0 Å². The van der Waals surface area contributed by atoms with Crippen molar-refractivity contribution in [2.45, 2.75) is 12.5 Å². The van der Waals surface area contributed by atoms with Crippen LogP contribution < -0.4 is 15.6 Å². The lowest BCUT2D eigenvalue weighted by atomic mass is 10.1. The van der Waals surface area contributed by atoms with E-state index in [0.29, 0.717) is 33.8 Å². The maximum absolute atomic E-state index is 12.9. The van der Waals surface area contributed by atoms with E-state index in [-0.39, 0.29) is 28.7 Å². The van der Waals surface area contributed by atoms with Crippen molar-refractivity contribution in [2.24, 2.45) is 12.2 Å². The van der Waals surface area contributed by atoms with Crippen LogP contribution in [-0.2, 0) is 18.3 Å². The molecule has 0 spiro atoms. The predicted octanol–water partition coefficient (Wildman–Crippen LogP) is 4.43. The standard InChI is InChI=1S/C21H17Cl3N4O3/c1-28-21(29)19(18(10-25-28)31-16-4-2-3-13(22)8-16)20-26-15(11-30-27-20)7-12-5-6-14(23)9-17(12)24/h2-6,8-10,15H,7,11H2,1H3,(H,26,27)/t15-/m1/s1. The van der Waals surface area contributed by atoms with Gasteiger partial charge in [-0.2, -0.15) is 5.10 Å². The first-order valence-electron chi connectivity index (χ1n) is 9.31. The number of aromatic nitrogens is 2. The number of benzene rings is 2. The minimum absolute atomic E-state index is 0.178. The summed E-state index contributed by atoms with van der Waals surface area (Å²) in [4.78, 5) is 18.3. The Bertz CT molecular complexity index is 1210. The second-order valence-corrected chi connectivity index (χ2v) is 8.17. The topological polar surface area (TPSA) is 77.7 Å². The molecule has 1 aliphatic heterocycles. The van der Waals surface area contributed by atoms with Crippen LogP contribution in [0.15, 0.2) is 58.6 Å². The van der Waals surface area contributed by atoms with Gasteiger partial charge in [-0.3, -0.25) is 4.79 Å². The van der Waals surface area contributed by atoms with Crippen LogP contribution in [0.2, 0.25) is 15.1 Å². The van der Waals surface area contributed by atoms with E-state index < -0.39 is 0 Å². The molecule has 31 heavy (non-hydrogen) atoms. The van der Waals surface area contributed by atoms with Gasteiger partial charge >= 0.3 is 0 Å². The first-order valence-corrected chi connectivity index (χ1v) is 10.4. The highest BCUT2D eigenvalue weighted by molar-refractivity contribution is 6.35. The molecule has 0 amide bonds. The Morgan fingerprint density at radius 2 is 2.00 bits per heavy atom. The number of hydrogen-bond donors (Lipinski definition) is 1. The zero-order valence-corrected chi connectivity index (χ0v) is 18.6. The molecule has 1 atom stereocenters. The highest BCUT2D eigenvalue weighted by atomic mass is 35.5. The third-order valence-electron chi connectivity index (χ3n) is 4.62. The number of ether oxygens (including phenoxy) is 1. The Morgan fingerprint density at radius 1 is 1.19 bits per heavy atom. The van der Waals surface area contributed by atoms with Crippen LogP contribution in [-0.4, -0.2) is 28.3 Å². The highest BCUT2D eigenvalue weighted by Crippen LogP contribution is 2.26. The molecule has 160 valence electrons. The third-order valence-corrected chi connectivity index (χ3v) is 5.44. The summed E-state index contributed by atoms with van der Waals surface area (Å²) in [6, 6.07) is 12.0. The summed E-state index contributed by atoms with van der Waals surface area (Å²) >= 11 is 18.3. The van der Waals surface area contributed by atoms with Gasteiger partial charge in [0.05, 0.1) is 12.2 Å². The van der Waals surface area contributed by atoms with Crippen LogP contribution in [0.25, 0.3) is 0 Å². The molecule has 1 aromatic heterocycles. The van der Waals surface area contributed by atoms with Crippen LogP contribution in [0.4, 0.5) is 0 Å². The second kappa shape index (κ2) is 9.18. The number of oxime groups is 1. The van der Waals surface area contributed by atoms with Gasteiger partial charge in [0, 0.05) is 22.1 Å². The first kappa shape index (κ1) is 21.5. The lowest BCUT2D eigenvalue weighted by molar-refractivity contribution is 0.109. The third kappa shape index (κ3) is 4.95. The minimum Gasteiger partial charge on any atom is -0.455 e. The smallest absolute Gasteiger partial charge is 0.281 e. The van der Waals surface area contributed by atoms with Crippen LogP contribution in [0.5, 0.6) is 11.5 Å². The van der Waals surface area contributed by atoms with E-state index in [2.05, 4.69) is 15.6 Å². The van der Waals surface area contributed by atoms with Crippen LogP contribution >= 0.6 is 34.8 Å². The summed E-state index contributed by atoms with van der Waals surface area (Å²) in [5, 5.41) is 13.0. The Hall–Kier alpha value is -2.74. The van der Waals surface area contributed by atoms with E-state index >= 15 is 0 Å². The summed E-state index contributed by atoms with van der Waals surface area (Å²) in [6.07, 6.45) is 1.99. The molecule has 0 saturated heterocycles. The van der Waals surface area contributed by atoms with Gasteiger partial charge in [0.25, 0.3) is 5.56 Å². The molecule has 0 radical (unpaired) electrons. The fourth-order valence-corrected chi connectivity index (χ4v) is 3.78. The van der Waals surface area contributed by atoms with Gasteiger partial charge in [0.15, 0.2) is 11.6 Å². The molecule has 4 rings (SSSR count). The summed E-state index contributed by atoms with van der Waals surface area (Å²) in [5.74, 6) is 0.942. The molecule has 0 fully saturated rings. The molecule has 1 aliphatic rings. The van der Waals surface area contributed by atoms with Gasteiger partial charge in [0.2, 0.25) is 0 Å². The molecule has 1 N–H and O–H groups in total. The van der Waals surface area contributed by atoms with Crippen molar-refractivity contribution in [3.8, 4) is 11.5 Å². The number of nitrogens with one attached hydrogen (secondary N) is 1. The number of hydrogen-bond acceptors (Lipinski definition) is 6. The molecule has 7 nitrogen and oxygen atoms in total. The number of rotatable bonds is 5. The van der Waals surface area contributed by atoms with Gasteiger partial charge in [-0.15, -0.1) is 0 Å². The van der Waals surface area contributed by atoms with Gasteiger partial charge in [0.1, 0.15) is 17.9 Å². The van der Waals surface area contributed by atoms with E-state index in [4.69, 9.17) is 44.4 Å². The zero-order chi connectivity index (χ0) is 22.0. The SMILES string of the molecule is Cn1ncc(Oc2cccc(Cl)c2)c(C2=NOC[C@@H](Cc3ccc(Cl)cc3Cl)N2)c1=O. The molecular weight excluding hydrogens is 463 g/mol. The quantitative estimate of drug-likeness (QED) is 0.586. The molecule has 2 aromatic carbocycles. The summed E-state index contributed by atoms with van der Waals surface area (Å²) < 4.78 is 7.09. The maximum atomic E-state index is 12.9. The molecule has 0 saturated carbocycles. The Labute approximate surface area is 193 Å². The summed E-state index contributed by atoms with van der Waals surface area (Å²) in [6.45, 7) is 0.304. The van der Waals surface area contributed by atoms with Crippen LogP contribution in [0.1, 0.15) is 11.1 Å². The van der Waals surface area contributed by atoms with Crippen molar-refractivity contribution in [2.75, 3.05) is 6.61 Å². The van der Waals surface area contributed by atoms with Crippen LogP contribution in [0.3, 0.4) is 0 Å².